The Morgan fingerprint density at radius 1 is 0.385 bits per heavy atom. The maximum atomic E-state index is 13.7. The van der Waals surface area contributed by atoms with E-state index in [2.05, 4.69) is 41.2 Å². The predicted molar refractivity (Wildman–Crippen MR) is 185 cm³/mol. The molecule has 0 saturated heterocycles. The zero-order valence-electron chi connectivity index (χ0n) is 31.7. The van der Waals surface area contributed by atoms with Gasteiger partial charge in [-0.05, 0) is 51.4 Å². The average molecular weight is 721 g/mol. The van der Waals surface area contributed by atoms with Crippen molar-refractivity contribution in [2.75, 3.05) is 0 Å². The summed E-state index contributed by atoms with van der Waals surface area (Å²) >= 11 is 0. The summed E-state index contributed by atoms with van der Waals surface area (Å²) in [6, 6.07) is -2.97. The van der Waals surface area contributed by atoms with E-state index < -0.39 is 47.8 Å². The molecule has 0 spiro atoms. The maximum Gasteiger partial charge on any atom is 0.274 e. The van der Waals surface area contributed by atoms with Crippen LogP contribution in [0, 0.1) is 51.4 Å². The average Bonchev–Trinajstić information content (AvgIpc) is 3.83. The highest BCUT2D eigenvalue weighted by molar-refractivity contribution is 5.95. The number of aromatic nitrogens is 4. The van der Waals surface area contributed by atoms with Crippen LogP contribution in [0.15, 0.2) is 17.7 Å². The monoisotopic (exact) mass is 720 g/mol. The molecule has 16 heteroatoms. The molecule has 4 N–H and O–H groups in total. The summed E-state index contributed by atoms with van der Waals surface area (Å²) in [4.78, 5) is 72.8. The van der Waals surface area contributed by atoms with Gasteiger partial charge in [0.2, 0.25) is 23.6 Å². The Balaban J connectivity index is 1.62. The minimum absolute atomic E-state index is 0.0204. The van der Waals surface area contributed by atoms with Crippen LogP contribution in [0.2, 0.25) is 0 Å². The first-order chi connectivity index (χ1) is 24.4. The predicted octanol–water partition coefficient (Wildman–Crippen LogP) is 5.69. The van der Waals surface area contributed by atoms with Crippen molar-refractivity contribution in [2.24, 2.45) is 23.7 Å². The van der Waals surface area contributed by atoms with Crippen LogP contribution in [0.1, 0.15) is 168 Å². The van der Waals surface area contributed by atoms with Crippen molar-refractivity contribution in [1.29, 1.82) is 0 Å². The molecular weight excluding hydrogens is 672 g/mol. The number of oxazole rings is 4. The Kier molecular flexibility index (Phi) is 10.8. The second-order valence-electron chi connectivity index (χ2n) is 14.6. The summed E-state index contributed by atoms with van der Waals surface area (Å²) in [6.07, 6.45) is 0. The summed E-state index contributed by atoms with van der Waals surface area (Å²) in [7, 11) is 0. The molecule has 0 fully saturated rings. The minimum Gasteiger partial charge on any atom is -0.443 e. The van der Waals surface area contributed by atoms with Crippen molar-refractivity contribution in [3.05, 3.63) is 69.4 Å². The van der Waals surface area contributed by atoms with E-state index in [0.29, 0.717) is 0 Å². The van der Waals surface area contributed by atoms with Crippen molar-refractivity contribution in [3.63, 3.8) is 0 Å². The second-order valence-corrected chi connectivity index (χ2v) is 14.6. The van der Waals surface area contributed by atoms with Gasteiger partial charge in [0, 0.05) is 0 Å². The number of nitrogens with zero attached hydrogens (tertiary/aromatic N) is 4. The van der Waals surface area contributed by atoms with Gasteiger partial charge < -0.3 is 38.9 Å². The largest absolute Gasteiger partial charge is 0.443 e. The number of hydrogen-bond acceptors (Lipinski definition) is 12. The Bertz CT molecular complexity index is 1700. The first kappa shape index (κ1) is 38.0. The van der Waals surface area contributed by atoms with Crippen LogP contribution in [0.3, 0.4) is 0 Å². The summed E-state index contributed by atoms with van der Waals surface area (Å²) in [6.45, 7) is 21.4. The first-order valence-corrected chi connectivity index (χ1v) is 17.5. The lowest BCUT2D eigenvalue weighted by molar-refractivity contribution is 0.0902. The molecule has 0 aromatic carbocycles. The number of rotatable bonds is 4. The Hall–Kier alpha value is -5.28. The van der Waals surface area contributed by atoms with Crippen LogP contribution in [0.4, 0.5) is 0 Å². The van der Waals surface area contributed by atoms with Crippen LogP contribution >= 0.6 is 0 Å². The third-order valence-corrected chi connectivity index (χ3v) is 8.99. The smallest absolute Gasteiger partial charge is 0.274 e. The van der Waals surface area contributed by atoms with Crippen molar-refractivity contribution >= 4 is 23.6 Å². The minimum atomic E-state index is -0.742. The molecule has 1 aliphatic rings. The van der Waals surface area contributed by atoms with E-state index in [1.165, 1.54) is 0 Å². The molecule has 4 atom stereocenters. The van der Waals surface area contributed by atoms with E-state index in [1.54, 1.807) is 27.7 Å². The molecule has 5 heterocycles. The molecule has 4 aromatic rings. The lowest BCUT2D eigenvalue weighted by atomic mass is 10.0. The number of amides is 4. The summed E-state index contributed by atoms with van der Waals surface area (Å²) in [5, 5.41) is 11.7. The normalized spacial score (nSPS) is 20.6. The molecule has 5 rings (SSSR count). The number of nitrogens with one attached hydrogen (secondary N) is 4. The van der Waals surface area contributed by atoms with Gasteiger partial charge in [-0.3, -0.25) is 19.2 Å². The van der Waals surface area contributed by atoms with Crippen molar-refractivity contribution < 1.29 is 36.8 Å². The van der Waals surface area contributed by atoms with Crippen molar-refractivity contribution in [3.8, 4) is 0 Å². The van der Waals surface area contributed by atoms with Gasteiger partial charge in [0.25, 0.3) is 23.6 Å². The van der Waals surface area contributed by atoms with Crippen LogP contribution < -0.4 is 21.3 Å². The number of carbonyl (C=O) groups excluding carboxylic acids is 4. The maximum absolute atomic E-state index is 13.7. The molecule has 0 radical (unpaired) electrons. The molecule has 4 aromatic heterocycles. The number of fused-ring (bicyclic) bond motifs is 8. The van der Waals surface area contributed by atoms with Gasteiger partial charge in [0.1, 0.15) is 47.2 Å². The van der Waals surface area contributed by atoms with Gasteiger partial charge in [-0.2, -0.15) is 0 Å². The fraction of sp³-hybridized carbons (Fsp3) is 0.556. The Labute approximate surface area is 301 Å². The number of hydrogen-bond donors (Lipinski definition) is 4. The first-order valence-electron chi connectivity index (χ1n) is 17.5. The van der Waals surface area contributed by atoms with Crippen LogP contribution in [-0.2, 0) is 0 Å². The van der Waals surface area contributed by atoms with Crippen molar-refractivity contribution in [1.82, 2.24) is 41.2 Å². The number of carbonyl (C=O) groups is 4. The van der Waals surface area contributed by atoms with Gasteiger partial charge in [0.15, 0.2) is 22.8 Å². The van der Waals surface area contributed by atoms with E-state index in [-0.39, 0.29) is 93.1 Å². The van der Waals surface area contributed by atoms with Gasteiger partial charge in [-0.25, -0.2) is 19.9 Å². The molecule has 0 aliphatic carbocycles. The van der Waals surface area contributed by atoms with Crippen LogP contribution in [0.5, 0.6) is 0 Å². The summed E-state index contributed by atoms with van der Waals surface area (Å²) < 4.78 is 23.8. The quantitative estimate of drug-likeness (QED) is 0.200. The summed E-state index contributed by atoms with van der Waals surface area (Å²) in [5.41, 5.74) is 0.0817. The third-order valence-electron chi connectivity index (χ3n) is 8.99. The van der Waals surface area contributed by atoms with Gasteiger partial charge in [-0.15, -0.1) is 0 Å². The SMILES string of the molecule is Cc1oc2nc1C(=O)N[C@@H](C(C)C)c1nc(c(C)o1)C(=O)N[C@@H](C(C)C)c1nc(c(C)o1)C(=O)N[C@@H](C(C)C)c1nc(c(C)o1)C(=O)N[C@H]2C(C)C. The molecule has 0 saturated carbocycles. The lowest BCUT2D eigenvalue weighted by Crippen LogP contribution is -2.35. The zero-order valence-corrected chi connectivity index (χ0v) is 31.7. The van der Waals surface area contributed by atoms with Crippen LogP contribution in [0.25, 0.3) is 0 Å². The molecule has 52 heavy (non-hydrogen) atoms. The zero-order chi connectivity index (χ0) is 38.3. The van der Waals surface area contributed by atoms with Crippen molar-refractivity contribution in [2.45, 2.75) is 107 Å². The molecule has 8 bridgehead atoms. The molecule has 16 nitrogen and oxygen atoms in total. The topological polar surface area (TPSA) is 221 Å². The van der Waals surface area contributed by atoms with Gasteiger partial charge in [-0.1, -0.05) is 55.4 Å². The van der Waals surface area contributed by atoms with Crippen LogP contribution in [-0.4, -0.2) is 43.6 Å². The second kappa shape index (κ2) is 14.8. The van der Waals surface area contributed by atoms with E-state index in [0.717, 1.165) is 0 Å². The molecule has 4 amide bonds. The molecule has 1 aliphatic heterocycles. The number of aryl methyl sites for hydroxylation is 4. The lowest BCUT2D eigenvalue weighted by Gasteiger charge is -2.20. The highest BCUT2D eigenvalue weighted by Gasteiger charge is 2.35. The van der Waals surface area contributed by atoms with E-state index in [9.17, 15) is 19.2 Å². The fourth-order valence-electron chi connectivity index (χ4n) is 5.94. The fourth-order valence-corrected chi connectivity index (χ4v) is 5.94. The Morgan fingerprint density at radius 3 is 0.712 bits per heavy atom. The highest BCUT2D eigenvalue weighted by atomic mass is 16.4. The van der Waals surface area contributed by atoms with Gasteiger partial charge >= 0.3 is 0 Å². The third kappa shape index (κ3) is 7.51. The molecule has 280 valence electrons. The molecular formula is C36H48N8O8. The van der Waals surface area contributed by atoms with E-state index in [1.807, 2.05) is 55.4 Å². The van der Waals surface area contributed by atoms with E-state index in [4.69, 9.17) is 17.7 Å². The molecule has 0 unspecified atom stereocenters. The van der Waals surface area contributed by atoms with Gasteiger partial charge in [0.05, 0.1) is 0 Å². The Morgan fingerprint density at radius 2 is 0.558 bits per heavy atom. The standard InChI is InChI=1S/C36H48N8O8/c1-13(2)21-33-41-26(17(9)49-33)30(46)38-23(15(5)6)35-43-28(19(11)51-35)32(48)40-24(16(7)8)36-44-27(20(12)52-36)31(47)39-22(14(3)4)34-42-25(18(10)50-34)29(45)37-21/h13-16,21-24H,1-12H3,(H,37,45)(H,38,46)(H,39,47)(H,40,48)/t21-,22-,23-,24-/m0/s1. The van der Waals surface area contributed by atoms with E-state index >= 15 is 0 Å². The highest BCUT2D eigenvalue weighted by Crippen LogP contribution is 2.30. The summed E-state index contributed by atoms with van der Waals surface area (Å²) in [5.74, 6) is -1.57.